The highest BCUT2D eigenvalue weighted by atomic mass is 15.3. The summed E-state index contributed by atoms with van der Waals surface area (Å²) in [7, 11) is 0. The van der Waals surface area contributed by atoms with Gasteiger partial charge in [0.15, 0.2) is 0 Å². The minimum absolute atomic E-state index is 0.720. The molecule has 2 heterocycles. The maximum absolute atomic E-state index is 5.73. The number of aromatic nitrogens is 3. The second kappa shape index (κ2) is 3.73. The summed E-state index contributed by atoms with van der Waals surface area (Å²) in [6, 6.07) is 2.10. The van der Waals surface area contributed by atoms with Gasteiger partial charge in [-0.2, -0.15) is 5.10 Å². The van der Waals surface area contributed by atoms with E-state index in [9.17, 15) is 0 Å². The summed E-state index contributed by atoms with van der Waals surface area (Å²) in [6.45, 7) is 4.71. The number of aryl methyl sites for hydroxylation is 1. The second-order valence-corrected chi connectivity index (χ2v) is 3.71. The van der Waals surface area contributed by atoms with Crippen molar-refractivity contribution >= 4 is 5.69 Å². The maximum Gasteiger partial charge on any atom is 0.0730 e. The van der Waals surface area contributed by atoms with Crippen LogP contribution in [0.5, 0.6) is 0 Å². The molecule has 2 N–H and O–H groups in total. The van der Waals surface area contributed by atoms with Gasteiger partial charge in [-0.1, -0.05) is 6.07 Å². The Labute approximate surface area is 88.8 Å². The number of rotatable bonds is 2. The predicted octanol–water partition coefficient (Wildman–Crippen LogP) is 1.53. The van der Waals surface area contributed by atoms with Crippen LogP contribution in [0.15, 0.2) is 24.7 Å². The molecule has 0 unspecified atom stereocenters. The zero-order chi connectivity index (χ0) is 10.8. The molecule has 0 radical (unpaired) electrons. The fourth-order valence-electron chi connectivity index (χ4n) is 1.50. The van der Waals surface area contributed by atoms with Gasteiger partial charge in [-0.3, -0.25) is 9.67 Å². The highest BCUT2D eigenvalue weighted by Gasteiger charge is 2.03. The number of nitrogen functional groups attached to an aromatic ring is 1. The van der Waals surface area contributed by atoms with E-state index in [-0.39, 0.29) is 0 Å². The Hall–Kier alpha value is -1.84. The zero-order valence-electron chi connectivity index (χ0n) is 8.94. The molecular weight excluding hydrogens is 188 g/mol. The van der Waals surface area contributed by atoms with Gasteiger partial charge >= 0.3 is 0 Å². The molecule has 0 amide bonds. The summed E-state index contributed by atoms with van der Waals surface area (Å²) in [4.78, 5) is 4.14. The summed E-state index contributed by atoms with van der Waals surface area (Å²) in [5.41, 5.74) is 9.75. The first kappa shape index (κ1) is 9.71. The van der Waals surface area contributed by atoms with Crippen molar-refractivity contribution in [2.24, 2.45) is 0 Å². The Bertz CT molecular complexity index is 473. The van der Waals surface area contributed by atoms with Gasteiger partial charge in [0.25, 0.3) is 0 Å². The molecule has 0 fully saturated rings. The predicted molar refractivity (Wildman–Crippen MR) is 59.5 cm³/mol. The summed E-state index contributed by atoms with van der Waals surface area (Å²) < 4.78 is 1.88. The van der Waals surface area contributed by atoms with Gasteiger partial charge in [-0.05, 0) is 25.0 Å². The molecular formula is C11H14N4. The van der Waals surface area contributed by atoms with Crippen LogP contribution in [0.1, 0.15) is 16.8 Å². The van der Waals surface area contributed by atoms with E-state index in [1.54, 1.807) is 6.20 Å². The standard InChI is InChI=1S/C11H14N4/c1-8-3-10(5-13-4-8)7-15-9(2)11(12)6-14-15/h3-6H,7,12H2,1-2H3. The normalized spacial score (nSPS) is 10.5. The molecule has 2 rings (SSSR count). The highest BCUT2D eigenvalue weighted by Crippen LogP contribution is 2.11. The van der Waals surface area contributed by atoms with Crippen LogP contribution in [0.4, 0.5) is 5.69 Å². The first-order valence-electron chi connectivity index (χ1n) is 4.85. The molecule has 0 bridgehead atoms. The second-order valence-electron chi connectivity index (χ2n) is 3.71. The number of pyridine rings is 1. The molecule has 2 aromatic heterocycles. The molecule has 0 aromatic carbocycles. The maximum atomic E-state index is 5.73. The minimum atomic E-state index is 0.720. The Morgan fingerprint density at radius 2 is 2.07 bits per heavy atom. The van der Waals surface area contributed by atoms with E-state index in [1.165, 1.54) is 0 Å². The van der Waals surface area contributed by atoms with E-state index in [0.29, 0.717) is 0 Å². The largest absolute Gasteiger partial charge is 0.396 e. The fourth-order valence-corrected chi connectivity index (χ4v) is 1.50. The molecule has 0 atom stereocenters. The van der Waals surface area contributed by atoms with Crippen LogP contribution in [0.3, 0.4) is 0 Å². The minimum Gasteiger partial charge on any atom is -0.396 e. The average Bonchev–Trinajstić information content (AvgIpc) is 2.50. The summed E-state index contributed by atoms with van der Waals surface area (Å²) in [5, 5.41) is 4.20. The van der Waals surface area contributed by atoms with Crippen LogP contribution in [-0.4, -0.2) is 14.8 Å². The van der Waals surface area contributed by atoms with Gasteiger partial charge in [0.1, 0.15) is 0 Å². The summed E-state index contributed by atoms with van der Waals surface area (Å²) in [5.74, 6) is 0. The van der Waals surface area contributed by atoms with E-state index in [4.69, 9.17) is 5.73 Å². The molecule has 0 saturated heterocycles. The third-order valence-electron chi connectivity index (χ3n) is 2.41. The Morgan fingerprint density at radius 3 is 2.67 bits per heavy atom. The van der Waals surface area contributed by atoms with Crippen LogP contribution in [0, 0.1) is 13.8 Å². The van der Waals surface area contributed by atoms with Crippen LogP contribution in [0.2, 0.25) is 0 Å². The number of hydrogen-bond donors (Lipinski definition) is 1. The quantitative estimate of drug-likeness (QED) is 0.803. The van der Waals surface area contributed by atoms with Crippen molar-refractivity contribution in [2.45, 2.75) is 20.4 Å². The van der Waals surface area contributed by atoms with Crippen molar-refractivity contribution in [3.63, 3.8) is 0 Å². The van der Waals surface area contributed by atoms with E-state index in [2.05, 4.69) is 16.1 Å². The van der Waals surface area contributed by atoms with Crippen LogP contribution in [-0.2, 0) is 6.54 Å². The van der Waals surface area contributed by atoms with Gasteiger partial charge in [-0.15, -0.1) is 0 Å². The third kappa shape index (κ3) is 1.98. The first-order chi connectivity index (χ1) is 7.16. The summed E-state index contributed by atoms with van der Waals surface area (Å²) >= 11 is 0. The molecule has 4 heteroatoms. The molecule has 0 aliphatic rings. The van der Waals surface area contributed by atoms with E-state index >= 15 is 0 Å². The monoisotopic (exact) mass is 202 g/mol. The molecule has 2 aromatic rings. The summed E-state index contributed by atoms with van der Waals surface area (Å²) in [6.07, 6.45) is 5.37. The molecule has 78 valence electrons. The SMILES string of the molecule is Cc1cncc(Cn2ncc(N)c2C)c1. The number of anilines is 1. The number of nitrogens with zero attached hydrogens (tertiary/aromatic N) is 3. The van der Waals surface area contributed by atoms with Crippen LogP contribution < -0.4 is 5.73 Å². The highest BCUT2D eigenvalue weighted by molar-refractivity contribution is 5.40. The van der Waals surface area contributed by atoms with Crippen molar-refractivity contribution in [2.75, 3.05) is 5.73 Å². The lowest BCUT2D eigenvalue weighted by Gasteiger charge is -2.05. The number of nitrogens with two attached hydrogens (primary N) is 1. The Morgan fingerprint density at radius 1 is 1.27 bits per heavy atom. The van der Waals surface area contributed by atoms with E-state index in [0.717, 1.165) is 29.1 Å². The lowest BCUT2D eigenvalue weighted by molar-refractivity contribution is 0.663. The number of hydrogen-bond acceptors (Lipinski definition) is 3. The zero-order valence-corrected chi connectivity index (χ0v) is 8.94. The van der Waals surface area contributed by atoms with E-state index in [1.807, 2.05) is 30.9 Å². The fraction of sp³-hybridized carbons (Fsp3) is 0.273. The van der Waals surface area contributed by atoms with E-state index < -0.39 is 0 Å². The van der Waals surface area contributed by atoms with Crippen molar-refractivity contribution in [1.29, 1.82) is 0 Å². The Kier molecular flexibility index (Phi) is 2.41. The molecule has 15 heavy (non-hydrogen) atoms. The van der Waals surface area contributed by atoms with Crippen molar-refractivity contribution in [3.8, 4) is 0 Å². The first-order valence-corrected chi connectivity index (χ1v) is 4.85. The smallest absolute Gasteiger partial charge is 0.0730 e. The van der Waals surface area contributed by atoms with Gasteiger partial charge in [-0.25, -0.2) is 0 Å². The topological polar surface area (TPSA) is 56.7 Å². The molecule has 0 saturated carbocycles. The molecule has 0 aliphatic heterocycles. The van der Waals surface area contributed by atoms with Gasteiger partial charge in [0.05, 0.1) is 24.1 Å². The molecule has 4 nitrogen and oxygen atoms in total. The Balaban J connectivity index is 2.26. The van der Waals surface area contributed by atoms with Crippen molar-refractivity contribution in [1.82, 2.24) is 14.8 Å². The lowest BCUT2D eigenvalue weighted by Crippen LogP contribution is -2.04. The average molecular weight is 202 g/mol. The van der Waals surface area contributed by atoms with Gasteiger partial charge < -0.3 is 5.73 Å². The van der Waals surface area contributed by atoms with Crippen molar-refractivity contribution in [3.05, 3.63) is 41.5 Å². The van der Waals surface area contributed by atoms with Crippen LogP contribution in [0.25, 0.3) is 0 Å². The third-order valence-corrected chi connectivity index (χ3v) is 2.41. The van der Waals surface area contributed by atoms with Crippen molar-refractivity contribution < 1.29 is 0 Å². The van der Waals surface area contributed by atoms with Gasteiger partial charge in [0, 0.05) is 12.4 Å². The van der Waals surface area contributed by atoms with Crippen LogP contribution >= 0.6 is 0 Å². The lowest BCUT2D eigenvalue weighted by atomic mass is 10.2. The van der Waals surface area contributed by atoms with Gasteiger partial charge in [0.2, 0.25) is 0 Å². The molecule has 0 aliphatic carbocycles. The molecule has 0 spiro atoms.